The van der Waals surface area contributed by atoms with Gasteiger partial charge in [-0.05, 0) is 43.7 Å². The molecule has 2 rings (SSSR count). The number of hydrogen-bond acceptors (Lipinski definition) is 4. The molecule has 33 heavy (non-hydrogen) atoms. The zero-order valence-corrected chi connectivity index (χ0v) is 22.4. The van der Waals surface area contributed by atoms with E-state index in [9.17, 15) is 18.0 Å². The lowest BCUT2D eigenvalue weighted by Crippen LogP contribution is -2.51. The Labute approximate surface area is 213 Å². The first kappa shape index (κ1) is 27.4. The lowest BCUT2D eigenvalue weighted by molar-refractivity contribution is -0.139. The summed E-state index contributed by atoms with van der Waals surface area (Å²) in [5.74, 6) is -0.933. The van der Waals surface area contributed by atoms with Crippen LogP contribution in [0.4, 0.5) is 5.69 Å². The van der Waals surface area contributed by atoms with Gasteiger partial charge in [-0.25, -0.2) is 8.42 Å². The number of nitrogens with one attached hydrogen (secondary N) is 1. The topological polar surface area (TPSA) is 86.8 Å². The Morgan fingerprint density at radius 2 is 1.73 bits per heavy atom. The van der Waals surface area contributed by atoms with Crippen LogP contribution in [0.15, 0.2) is 46.9 Å². The van der Waals surface area contributed by atoms with E-state index in [4.69, 9.17) is 23.2 Å². The molecule has 0 aliphatic rings. The Kier molecular flexibility index (Phi) is 10.0. The molecule has 0 heterocycles. The second-order valence-electron chi connectivity index (χ2n) is 7.44. The van der Waals surface area contributed by atoms with E-state index in [0.29, 0.717) is 32.3 Å². The quantitative estimate of drug-likeness (QED) is 0.451. The van der Waals surface area contributed by atoms with E-state index in [1.54, 1.807) is 49.4 Å². The Balaban J connectivity index is 2.43. The van der Waals surface area contributed by atoms with E-state index in [0.717, 1.165) is 17.0 Å². The van der Waals surface area contributed by atoms with Gasteiger partial charge in [0.25, 0.3) is 0 Å². The number of anilines is 1. The molecule has 0 spiro atoms. The van der Waals surface area contributed by atoms with Gasteiger partial charge in [0, 0.05) is 33.2 Å². The van der Waals surface area contributed by atoms with Gasteiger partial charge in [0.15, 0.2) is 0 Å². The maximum atomic E-state index is 13.4. The predicted molar refractivity (Wildman–Crippen MR) is 136 cm³/mol. The van der Waals surface area contributed by atoms with Gasteiger partial charge < -0.3 is 10.2 Å². The van der Waals surface area contributed by atoms with Crippen molar-refractivity contribution in [3.05, 3.63) is 62.5 Å². The van der Waals surface area contributed by atoms with Gasteiger partial charge in [-0.3, -0.25) is 13.9 Å². The maximum absolute atomic E-state index is 13.4. The number of hydrogen-bond donors (Lipinski definition) is 1. The summed E-state index contributed by atoms with van der Waals surface area (Å²) in [5.41, 5.74) is 0.789. The minimum Gasteiger partial charge on any atom is -0.354 e. The number of carbonyl (C=O) groups excluding carboxylic acids is 2. The molecule has 180 valence electrons. The highest BCUT2D eigenvalue weighted by Gasteiger charge is 2.30. The lowest BCUT2D eigenvalue weighted by Gasteiger charge is -2.32. The summed E-state index contributed by atoms with van der Waals surface area (Å²) in [6, 6.07) is 10.7. The molecule has 1 N–H and O–H groups in total. The fraction of sp³-hybridized carbons (Fsp3) is 0.364. The van der Waals surface area contributed by atoms with Crippen LogP contribution < -0.4 is 9.62 Å². The number of amides is 2. The third-order valence-electron chi connectivity index (χ3n) is 4.88. The Hall–Kier alpha value is -1.81. The summed E-state index contributed by atoms with van der Waals surface area (Å²) in [6.45, 7) is 3.39. The lowest BCUT2D eigenvalue weighted by atomic mass is 10.1. The van der Waals surface area contributed by atoms with Crippen LogP contribution >= 0.6 is 39.1 Å². The molecule has 0 saturated heterocycles. The van der Waals surface area contributed by atoms with Gasteiger partial charge in [-0.15, -0.1) is 0 Å². The Bertz CT molecular complexity index is 1090. The zero-order chi connectivity index (χ0) is 24.8. The molecule has 7 nitrogen and oxygen atoms in total. The van der Waals surface area contributed by atoms with Crippen LogP contribution in [0.1, 0.15) is 25.8 Å². The summed E-state index contributed by atoms with van der Waals surface area (Å²) in [5, 5.41) is 3.45. The van der Waals surface area contributed by atoms with Gasteiger partial charge in [0.2, 0.25) is 21.8 Å². The van der Waals surface area contributed by atoms with Crippen molar-refractivity contribution in [2.75, 3.05) is 23.7 Å². The van der Waals surface area contributed by atoms with Gasteiger partial charge in [0.1, 0.15) is 12.6 Å². The molecule has 2 aromatic carbocycles. The first-order valence-electron chi connectivity index (χ1n) is 10.2. The third kappa shape index (κ3) is 7.60. The highest BCUT2D eigenvalue weighted by atomic mass is 79.9. The average molecular weight is 579 g/mol. The highest BCUT2D eigenvalue weighted by Crippen LogP contribution is 2.27. The van der Waals surface area contributed by atoms with Crippen molar-refractivity contribution in [2.24, 2.45) is 0 Å². The van der Waals surface area contributed by atoms with Crippen LogP contribution in [0.3, 0.4) is 0 Å². The fourth-order valence-electron chi connectivity index (χ4n) is 3.08. The van der Waals surface area contributed by atoms with Crippen molar-refractivity contribution in [1.29, 1.82) is 0 Å². The number of benzene rings is 2. The predicted octanol–water partition coefficient (Wildman–Crippen LogP) is 4.47. The van der Waals surface area contributed by atoms with Crippen LogP contribution in [0.25, 0.3) is 0 Å². The summed E-state index contributed by atoms with van der Waals surface area (Å²) in [6.07, 6.45) is 1.75. The van der Waals surface area contributed by atoms with Crippen LogP contribution in [-0.4, -0.2) is 50.5 Å². The molecule has 1 atom stereocenters. The largest absolute Gasteiger partial charge is 0.354 e. The van der Waals surface area contributed by atoms with Crippen molar-refractivity contribution in [1.82, 2.24) is 10.2 Å². The first-order valence-corrected chi connectivity index (χ1v) is 13.6. The monoisotopic (exact) mass is 577 g/mol. The second kappa shape index (κ2) is 12.1. The molecular formula is C22H26BrCl2N3O4S. The van der Waals surface area contributed by atoms with E-state index in [1.165, 1.54) is 4.90 Å². The summed E-state index contributed by atoms with van der Waals surface area (Å²) in [4.78, 5) is 27.4. The van der Waals surface area contributed by atoms with E-state index in [2.05, 4.69) is 21.2 Å². The van der Waals surface area contributed by atoms with Crippen molar-refractivity contribution in [3.63, 3.8) is 0 Å². The molecule has 0 radical (unpaired) electrons. The molecule has 0 aliphatic carbocycles. The second-order valence-corrected chi connectivity index (χ2v) is 11.1. The van der Waals surface area contributed by atoms with E-state index >= 15 is 0 Å². The minimum atomic E-state index is -3.80. The number of sulfonamides is 1. The first-order chi connectivity index (χ1) is 15.5. The molecule has 0 bridgehead atoms. The summed E-state index contributed by atoms with van der Waals surface area (Å²) >= 11 is 15.9. The summed E-state index contributed by atoms with van der Waals surface area (Å²) in [7, 11) is -3.80. The molecule has 0 fully saturated rings. The van der Waals surface area contributed by atoms with Crippen molar-refractivity contribution in [2.45, 2.75) is 32.9 Å². The molecule has 0 aromatic heterocycles. The molecule has 2 aromatic rings. The zero-order valence-electron chi connectivity index (χ0n) is 18.5. The molecule has 0 unspecified atom stereocenters. The van der Waals surface area contributed by atoms with Crippen LogP contribution in [-0.2, 0) is 26.2 Å². The standard InChI is InChI=1S/C22H26BrCl2N3O4S/c1-4-11-26-22(30)15(2)27(13-18-19(24)9-6-10-20(18)25)21(29)14-28(33(3,31)32)17-8-5-7-16(23)12-17/h5-10,12,15H,4,11,13-14H2,1-3H3,(H,26,30)/t15-/m1/s1. The van der Waals surface area contributed by atoms with Crippen LogP contribution in [0.5, 0.6) is 0 Å². The van der Waals surface area contributed by atoms with E-state index in [-0.39, 0.29) is 12.5 Å². The number of rotatable bonds is 10. The van der Waals surface area contributed by atoms with Gasteiger partial charge in [0.05, 0.1) is 11.9 Å². The summed E-state index contributed by atoms with van der Waals surface area (Å²) < 4.78 is 26.7. The van der Waals surface area contributed by atoms with E-state index in [1.807, 2.05) is 6.92 Å². The smallest absolute Gasteiger partial charge is 0.244 e. The fourth-order valence-corrected chi connectivity index (χ4v) is 4.82. The Morgan fingerprint density at radius 1 is 1.12 bits per heavy atom. The molecule has 11 heteroatoms. The van der Waals surface area contributed by atoms with E-state index < -0.39 is 28.5 Å². The maximum Gasteiger partial charge on any atom is 0.244 e. The molecule has 2 amide bonds. The van der Waals surface area contributed by atoms with Gasteiger partial charge in [-0.2, -0.15) is 0 Å². The number of carbonyl (C=O) groups is 2. The highest BCUT2D eigenvalue weighted by molar-refractivity contribution is 9.10. The normalized spacial score (nSPS) is 12.2. The van der Waals surface area contributed by atoms with Gasteiger partial charge >= 0.3 is 0 Å². The van der Waals surface area contributed by atoms with Crippen molar-refractivity contribution >= 4 is 66.7 Å². The average Bonchev–Trinajstić information content (AvgIpc) is 2.74. The van der Waals surface area contributed by atoms with Crippen molar-refractivity contribution in [3.8, 4) is 0 Å². The van der Waals surface area contributed by atoms with Gasteiger partial charge in [-0.1, -0.05) is 58.2 Å². The SMILES string of the molecule is CCCNC(=O)[C@@H](C)N(Cc1c(Cl)cccc1Cl)C(=O)CN(c1cccc(Br)c1)S(C)(=O)=O. The van der Waals surface area contributed by atoms with Crippen LogP contribution in [0, 0.1) is 0 Å². The Morgan fingerprint density at radius 3 is 2.27 bits per heavy atom. The number of halogens is 3. The van der Waals surface area contributed by atoms with Crippen LogP contribution in [0.2, 0.25) is 10.0 Å². The minimum absolute atomic E-state index is 0.0614. The molecule has 0 saturated carbocycles. The third-order valence-corrected chi connectivity index (χ3v) is 7.22. The number of nitrogens with zero attached hydrogens (tertiary/aromatic N) is 2. The van der Waals surface area contributed by atoms with Crippen molar-refractivity contribution < 1.29 is 18.0 Å². The molecular weight excluding hydrogens is 553 g/mol. The molecule has 0 aliphatic heterocycles.